The van der Waals surface area contributed by atoms with Crippen LogP contribution in [0.5, 0.6) is 0 Å². The van der Waals surface area contributed by atoms with Crippen molar-refractivity contribution in [3.05, 3.63) is 59.2 Å². The predicted octanol–water partition coefficient (Wildman–Crippen LogP) is 0.940. The lowest BCUT2D eigenvalue weighted by Gasteiger charge is -2.06. The first kappa shape index (κ1) is 14.0. The van der Waals surface area contributed by atoms with Gasteiger partial charge in [0.1, 0.15) is 0 Å². The van der Waals surface area contributed by atoms with Crippen LogP contribution in [0, 0.1) is 0 Å². The number of carbonyl (C=O) groups is 1. The van der Waals surface area contributed by atoms with Crippen LogP contribution in [-0.2, 0) is 6.54 Å². The Morgan fingerprint density at radius 3 is 3.09 bits per heavy atom. The van der Waals surface area contributed by atoms with Crippen LogP contribution in [0.25, 0.3) is 10.9 Å². The van der Waals surface area contributed by atoms with Crippen molar-refractivity contribution in [2.75, 3.05) is 6.54 Å². The maximum Gasteiger partial charge on any atom is 0.258 e. The van der Waals surface area contributed by atoms with Crippen molar-refractivity contribution >= 4 is 16.8 Å². The second kappa shape index (κ2) is 6.21. The smallest absolute Gasteiger partial charge is 0.258 e. The molecule has 3 rings (SSSR count). The van der Waals surface area contributed by atoms with Crippen LogP contribution in [0.15, 0.2) is 48.0 Å². The first-order chi connectivity index (χ1) is 10.7. The molecule has 112 valence electrons. The van der Waals surface area contributed by atoms with Crippen molar-refractivity contribution in [2.24, 2.45) is 0 Å². The number of carbonyl (C=O) groups excluding carboxylic acids is 1. The monoisotopic (exact) mass is 297 g/mol. The highest BCUT2D eigenvalue weighted by molar-refractivity contribution is 5.97. The van der Waals surface area contributed by atoms with Gasteiger partial charge in [-0.1, -0.05) is 0 Å². The summed E-state index contributed by atoms with van der Waals surface area (Å²) in [6.45, 7) is 1.37. The van der Waals surface area contributed by atoms with Crippen molar-refractivity contribution in [3.8, 4) is 0 Å². The van der Waals surface area contributed by atoms with Crippen LogP contribution < -0.4 is 10.9 Å². The molecule has 0 saturated carbocycles. The molecular formula is C15H15N5O2. The molecule has 0 atom stereocenters. The minimum Gasteiger partial charge on any atom is -0.352 e. The molecule has 1 aromatic carbocycles. The number of fused-ring (bicyclic) bond motifs is 1. The average molecular weight is 297 g/mol. The Morgan fingerprint density at radius 2 is 2.27 bits per heavy atom. The summed E-state index contributed by atoms with van der Waals surface area (Å²) in [5.74, 6) is -0.172. The van der Waals surface area contributed by atoms with Gasteiger partial charge in [-0.25, -0.2) is 9.97 Å². The van der Waals surface area contributed by atoms with Gasteiger partial charge in [-0.05, 0) is 24.6 Å². The molecule has 0 aliphatic rings. The molecule has 2 heterocycles. The Morgan fingerprint density at radius 1 is 1.36 bits per heavy atom. The van der Waals surface area contributed by atoms with Crippen LogP contribution in [0.3, 0.4) is 0 Å². The molecule has 2 N–H and O–H groups in total. The minimum atomic E-state index is -0.211. The molecule has 7 heteroatoms. The lowest BCUT2D eigenvalue weighted by molar-refractivity contribution is 0.0953. The van der Waals surface area contributed by atoms with E-state index in [1.165, 1.54) is 6.33 Å². The number of amides is 1. The summed E-state index contributed by atoms with van der Waals surface area (Å²) in [5, 5.41) is 3.33. The van der Waals surface area contributed by atoms with Crippen molar-refractivity contribution < 1.29 is 4.79 Å². The highest BCUT2D eigenvalue weighted by atomic mass is 16.1. The molecule has 0 unspecified atom stereocenters. The first-order valence-corrected chi connectivity index (χ1v) is 6.95. The van der Waals surface area contributed by atoms with E-state index in [9.17, 15) is 9.59 Å². The molecule has 0 spiro atoms. The Kier molecular flexibility index (Phi) is 3.95. The molecule has 0 bridgehead atoms. The fourth-order valence-corrected chi connectivity index (χ4v) is 2.19. The lowest BCUT2D eigenvalue weighted by atomic mass is 10.1. The third-order valence-corrected chi connectivity index (χ3v) is 3.34. The summed E-state index contributed by atoms with van der Waals surface area (Å²) >= 11 is 0. The van der Waals surface area contributed by atoms with E-state index in [-0.39, 0.29) is 11.5 Å². The SMILES string of the molecule is O=C(NCCCn1ccnc1)c1ccc2c(=O)[nH]cnc2c1. The van der Waals surface area contributed by atoms with Gasteiger partial charge in [0, 0.05) is 31.0 Å². The highest BCUT2D eigenvalue weighted by Gasteiger charge is 2.07. The maximum atomic E-state index is 12.1. The zero-order valence-corrected chi connectivity index (χ0v) is 11.8. The van der Waals surface area contributed by atoms with Gasteiger partial charge in [0.15, 0.2) is 0 Å². The van der Waals surface area contributed by atoms with Crippen LogP contribution in [0.2, 0.25) is 0 Å². The summed E-state index contributed by atoms with van der Waals surface area (Å²) < 4.78 is 1.96. The molecule has 2 aromatic heterocycles. The summed E-state index contributed by atoms with van der Waals surface area (Å²) in [5.41, 5.74) is 0.792. The number of benzene rings is 1. The predicted molar refractivity (Wildman–Crippen MR) is 81.5 cm³/mol. The number of nitrogens with zero attached hydrogens (tertiary/aromatic N) is 3. The number of hydrogen-bond donors (Lipinski definition) is 2. The number of hydrogen-bond acceptors (Lipinski definition) is 4. The van der Waals surface area contributed by atoms with E-state index in [1.54, 1.807) is 30.7 Å². The van der Waals surface area contributed by atoms with Gasteiger partial charge < -0.3 is 14.9 Å². The van der Waals surface area contributed by atoms with E-state index in [2.05, 4.69) is 20.3 Å². The van der Waals surface area contributed by atoms with Crippen molar-refractivity contribution in [1.29, 1.82) is 0 Å². The van der Waals surface area contributed by atoms with Gasteiger partial charge in [0.25, 0.3) is 11.5 Å². The van der Waals surface area contributed by atoms with Gasteiger partial charge >= 0.3 is 0 Å². The third-order valence-electron chi connectivity index (χ3n) is 3.34. The second-order valence-electron chi connectivity index (χ2n) is 4.87. The molecule has 0 fully saturated rings. The first-order valence-electron chi connectivity index (χ1n) is 6.95. The van der Waals surface area contributed by atoms with Gasteiger partial charge in [-0.15, -0.1) is 0 Å². The molecule has 0 aliphatic carbocycles. The van der Waals surface area contributed by atoms with Gasteiger partial charge in [0.2, 0.25) is 0 Å². The molecule has 7 nitrogen and oxygen atoms in total. The number of aromatic nitrogens is 4. The second-order valence-corrected chi connectivity index (χ2v) is 4.87. The molecule has 0 aliphatic heterocycles. The topological polar surface area (TPSA) is 92.7 Å². The number of aromatic amines is 1. The summed E-state index contributed by atoms with van der Waals surface area (Å²) in [6, 6.07) is 4.86. The van der Waals surface area contributed by atoms with Gasteiger partial charge in [0.05, 0.1) is 23.6 Å². The van der Waals surface area contributed by atoms with Gasteiger partial charge in [-0.2, -0.15) is 0 Å². The Labute approximate surface area is 126 Å². The van der Waals surface area contributed by atoms with Crippen molar-refractivity contribution in [2.45, 2.75) is 13.0 Å². The lowest BCUT2D eigenvalue weighted by Crippen LogP contribution is -2.25. The van der Waals surface area contributed by atoms with Crippen LogP contribution >= 0.6 is 0 Å². The normalized spacial score (nSPS) is 10.7. The average Bonchev–Trinajstić information content (AvgIpc) is 3.04. The number of imidazole rings is 1. The molecule has 0 saturated heterocycles. The molecular weight excluding hydrogens is 282 g/mol. The minimum absolute atomic E-state index is 0.172. The molecule has 1 amide bonds. The molecule has 0 radical (unpaired) electrons. The maximum absolute atomic E-state index is 12.1. The number of nitrogens with one attached hydrogen (secondary N) is 2. The Balaban J connectivity index is 1.61. The summed E-state index contributed by atoms with van der Waals surface area (Å²) in [6.07, 6.45) is 7.50. The highest BCUT2D eigenvalue weighted by Crippen LogP contribution is 2.09. The third kappa shape index (κ3) is 3.03. The number of H-pyrrole nitrogens is 1. The number of aryl methyl sites for hydroxylation is 1. The zero-order valence-electron chi connectivity index (χ0n) is 11.8. The van der Waals surface area contributed by atoms with Crippen LogP contribution in [0.4, 0.5) is 0 Å². The summed E-state index contributed by atoms with van der Waals surface area (Å²) in [4.78, 5) is 34.2. The quantitative estimate of drug-likeness (QED) is 0.685. The van der Waals surface area contributed by atoms with Crippen molar-refractivity contribution in [1.82, 2.24) is 24.8 Å². The van der Waals surface area contributed by atoms with Crippen LogP contribution in [-0.4, -0.2) is 32.0 Å². The van der Waals surface area contributed by atoms with Crippen LogP contribution in [0.1, 0.15) is 16.8 Å². The Hall–Kier alpha value is -2.96. The molecule has 3 aromatic rings. The standard InChI is InChI=1S/C15H15N5O2/c21-14(17-4-1-6-20-7-5-16-10-20)11-2-3-12-13(8-11)18-9-19-15(12)22/h2-3,5,7-10H,1,4,6H2,(H,17,21)(H,18,19,22). The molecule has 22 heavy (non-hydrogen) atoms. The Bertz CT molecular complexity index is 839. The fraction of sp³-hybridized carbons (Fsp3) is 0.200. The van der Waals surface area contributed by atoms with E-state index >= 15 is 0 Å². The van der Waals surface area contributed by atoms with E-state index < -0.39 is 0 Å². The van der Waals surface area contributed by atoms with Crippen molar-refractivity contribution in [3.63, 3.8) is 0 Å². The van der Waals surface area contributed by atoms with E-state index in [0.29, 0.717) is 23.0 Å². The largest absolute Gasteiger partial charge is 0.352 e. The summed E-state index contributed by atoms with van der Waals surface area (Å²) in [7, 11) is 0. The zero-order chi connectivity index (χ0) is 15.4. The number of rotatable bonds is 5. The fourth-order valence-electron chi connectivity index (χ4n) is 2.19. The van der Waals surface area contributed by atoms with E-state index in [1.807, 2.05) is 10.8 Å². The van der Waals surface area contributed by atoms with E-state index in [0.717, 1.165) is 13.0 Å². The van der Waals surface area contributed by atoms with E-state index in [4.69, 9.17) is 0 Å². The van der Waals surface area contributed by atoms with Gasteiger partial charge in [-0.3, -0.25) is 9.59 Å².